The second-order valence-electron chi connectivity index (χ2n) is 7.27. The summed E-state index contributed by atoms with van der Waals surface area (Å²) in [5, 5.41) is 20.1. The van der Waals surface area contributed by atoms with Crippen molar-refractivity contribution in [1.29, 1.82) is 0 Å². The van der Waals surface area contributed by atoms with Gasteiger partial charge in [-0.15, -0.1) is 10.2 Å². The summed E-state index contributed by atoms with van der Waals surface area (Å²) in [5.41, 5.74) is 3.99. The molecular formula is C23H26N4O4S. The molecule has 2 aromatic carbocycles. The molecule has 8 nitrogen and oxygen atoms in total. The molecule has 32 heavy (non-hydrogen) atoms. The summed E-state index contributed by atoms with van der Waals surface area (Å²) in [6.45, 7) is 9.66. The number of methoxy groups -OCH3 is 1. The molecule has 0 aliphatic carbocycles. The van der Waals surface area contributed by atoms with Crippen LogP contribution in [0, 0.1) is 30.9 Å². The van der Waals surface area contributed by atoms with Crippen molar-refractivity contribution in [2.45, 2.75) is 31.2 Å². The Morgan fingerprint density at radius 3 is 2.59 bits per heavy atom. The van der Waals surface area contributed by atoms with E-state index in [9.17, 15) is 10.1 Å². The Kier molecular flexibility index (Phi) is 7.53. The number of aromatic nitrogens is 3. The van der Waals surface area contributed by atoms with Gasteiger partial charge in [0.05, 0.1) is 7.11 Å². The summed E-state index contributed by atoms with van der Waals surface area (Å²) in [6.07, 6.45) is 1.64. The maximum atomic E-state index is 11.5. The standard InChI is InChI=1S/C23H26N4O4S/c1-6-11-31-20-10-8-18(13-21(20)30-5)22(14-26(28)29)32-23-25-24-17(4)27(23)19-9-7-15(2)16(3)12-19/h6-10,12-13,22H,1,11,14H2,2-5H3/t22-/m0/s1. The summed E-state index contributed by atoms with van der Waals surface area (Å²) in [6, 6.07) is 11.4. The van der Waals surface area contributed by atoms with E-state index in [1.54, 1.807) is 18.2 Å². The number of ether oxygens (including phenoxy) is 2. The topological polar surface area (TPSA) is 92.3 Å². The smallest absolute Gasteiger partial charge is 0.220 e. The van der Waals surface area contributed by atoms with Gasteiger partial charge in [0.2, 0.25) is 6.54 Å². The van der Waals surface area contributed by atoms with Crippen LogP contribution in [0.1, 0.15) is 27.8 Å². The summed E-state index contributed by atoms with van der Waals surface area (Å²) in [5.74, 6) is 1.77. The van der Waals surface area contributed by atoms with E-state index in [0.717, 1.165) is 16.8 Å². The number of hydrogen-bond acceptors (Lipinski definition) is 7. The molecule has 168 valence electrons. The van der Waals surface area contributed by atoms with E-state index < -0.39 is 5.25 Å². The number of aryl methyl sites for hydroxylation is 3. The van der Waals surface area contributed by atoms with Gasteiger partial charge in [-0.2, -0.15) is 0 Å². The lowest BCUT2D eigenvalue weighted by Gasteiger charge is -2.17. The second-order valence-corrected chi connectivity index (χ2v) is 8.44. The fourth-order valence-corrected chi connectivity index (χ4v) is 4.37. The van der Waals surface area contributed by atoms with Crippen LogP contribution in [0.2, 0.25) is 0 Å². The zero-order chi connectivity index (χ0) is 23.3. The SMILES string of the molecule is C=CCOc1ccc([C@H](C[N+](=O)[O-])Sc2nnc(C)n2-c2ccc(C)c(C)c2)cc1OC. The molecule has 3 aromatic rings. The third-order valence-corrected chi connectivity index (χ3v) is 6.20. The zero-order valence-corrected chi connectivity index (χ0v) is 19.4. The number of rotatable bonds is 10. The van der Waals surface area contributed by atoms with E-state index in [-0.39, 0.29) is 11.5 Å². The van der Waals surface area contributed by atoms with Gasteiger partial charge in [0, 0.05) is 10.6 Å². The van der Waals surface area contributed by atoms with Gasteiger partial charge in [-0.25, -0.2) is 0 Å². The van der Waals surface area contributed by atoms with Gasteiger partial charge in [0.15, 0.2) is 16.7 Å². The van der Waals surface area contributed by atoms with Crippen molar-refractivity contribution in [3.05, 3.63) is 81.7 Å². The number of hydrogen-bond donors (Lipinski definition) is 0. The molecule has 0 bridgehead atoms. The Morgan fingerprint density at radius 1 is 1.16 bits per heavy atom. The molecule has 9 heteroatoms. The molecule has 1 aromatic heterocycles. The Morgan fingerprint density at radius 2 is 1.94 bits per heavy atom. The number of nitro groups is 1. The molecule has 0 fully saturated rings. The minimum Gasteiger partial charge on any atom is -0.493 e. The maximum absolute atomic E-state index is 11.5. The molecule has 0 radical (unpaired) electrons. The zero-order valence-electron chi connectivity index (χ0n) is 18.6. The van der Waals surface area contributed by atoms with Crippen LogP contribution in [0.5, 0.6) is 11.5 Å². The Hall–Kier alpha value is -3.33. The highest BCUT2D eigenvalue weighted by Crippen LogP contribution is 2.39. The molecule has 0 saturated carbocycles. The van der Waals surface area contributed by atoms with Crippen molar-refractivity contribution in [2.24, 2.45) is 0 Å². The van der Waals surface area contributed by atoms with Crippen LogP contribution in [0.15, 0.2) is 54.2 Å². The molecule has 0 spiro atoms. The van der Waals surface area contributed by atoms with E-state index in [4.69, 9.17) is 9.47 Å². The second kappa shape index (κ2) is 10.3. The Labute approximate surface area is 191 Å². The fraction of sp³-hybridized carbons (Fsp3) is 0.304. The lowest BCUT2D eigenvalue weighted by molar-refractivity contribution is -0.479. The van der Waals surface area contributed by atoms with E-state index >= 15 is 0 Å². The van der Waals surface area contributed by atoms with Crippen LogP contribution in [0.3, 0.4) is 0 Å². The average Bonchev–Trinajstić information content (AvgIpc) is 3.13. The predicted molar refractivity (Wildman–Crippen MR) is 125 cm³/mol. The van der Waals surface area contributed by atoms with Crippen LogP contribution < -0.4 is 9.47 Å². The Bertz CT molecular complexity index is 1130. The monoisotopic (exact) mass is 454 g/mol. The molecule has 0 N–H and O–H groups in total. The van der Waals surface area contributed by atoms with Gasteiger partial charge in [-0.1, -0.05) is 36.5 Å². The van der Waals surface area contributed by atoms with Crippen molar-refractivity contribution < 1.29 is 14.4 Å². The predicted octanol–water partition coefficient (Wildman–Crippen LogP) is 4.88. The van der Waals surface area contributed by atoms with E-state index in [1.807, 2.05) is 36.6 Å². The lowest BCUT2D eigenvalue weighted by Crippen LogP contribution is -2.11. The van der Waals surface area contributed by atoms with E-state index in [2.05, 4.69) is 29.8 Å². The maximum Gasteiger partial charge on any atom is 0.220 e. The van der Waals surface area contributed by atoms with Crippen molar-refractivity contribution >= 4 is 11.8 Å². The fourth-order valence-electron chi connectivity index (χ4n) is 3.21. The van der Waals surface area contributed by atoms with Gasteiger partial charge in [0.25, 0.3) is 0 Å². The normalized spacial score (nSPS) is 11.8. The van der Waals surface area contributed by atoms with Crippen molar-refractivity contribution in [1.82, 2.24) is 14.8 Å². The first-order valence-electron chi connectivity index (χ1n) is 10.0. The molecule has 0 aliphatic rings. The minimum absolute atomic E-state index is 0.278. The molecular weight excluding hydrogens is 428 g/mol. The highest BCUT2D eigenvalue weighted by atomic mass is 32.2. The Balaban J connectivity index is 1.98. The number of benzene rings is 2. The first kappa shape index (κ1) is 23.3. The van der Waals surface area contributed by atoms with Gasteiger partial charge >= 0.3 is 0 Å². The molecule has 0 saturated heterocycles. The first-order valence-corrected chi connectivity index (χ1v) is 10.9. The third kappa shape index (κ3) is 5.28. The highest BCUT2D eigenvalue weighted by Gasteiger charge is 2.25. The first-order chi connectivity index (χ1) is 15.3. The molecule has 0 aliphatic heterocycles. The van der Waals surface area contributed by atoms with Crippen molar-refractivity contribution in [2.75, 3.05) is 20.3 Å². The molecule has 1 heterocycles. The number of nitrogens with zero attached hydrogens (tertiary/aromatic N) is 4. The molecule has 0 amide bonds. The quantitative estimate of drug-likeness (QED) is 0.187. The highest BCUT2D eigenvalue weighted by molar-refractivity contribution is 7.99. The van der Waals surface area contributed by atoms with Gasteiger partial charge in [-0.05, 0) is 61.7 Å². The summed E-state index contributed by atoms with van der Waals surface area (Å²) in [7, 11) is 1.54. The average molecular weight is 455 g/mol. The lowest BCUT2D eigenvalue weighted by atomic mass is 10.1. The van der Waals surface area contributed by atoms with Crippen LogP contribution in [0.25, 0.3) is 5.69 Å². The third-order valence-electron chi connectivity index (χ3n) is 5.02. The summed E-state index contributed by atoms with van der Waals surface area (Å²) in [4.78, 5) is 11.1. The molecule has 0 unspecified atom stereocenters. The van der Waals surface area contributed by atoms with Crippen LogP contribution in [0.4, 0.5) is 0 Å². The number of thioether (sulfide) groups is 1. The molecule has 1 atom stereocenters. The van der Waals surface area contributed by atoms with Crippen LogP contribution in [-0.4, -0.2) is 39.9 Å². The minimum atomic E-state index is -0.499. The molecule has 3 rings (SSSR count). The van der Waals surface area contributed by atoms with Crippen molar-refractivity contribution in [3.63, 3.8) is 0 Å². The van der Waals surface area contributed by atoms with Gasteiger partial charge < -0.3 is 9.47 Å². The van der Waals surface area contributed by atoms with Crippen molar-refractivity contribution in [3.8, 4) is 17.2 Å². The van der Waals surface area contributed by atoms with Crippen LogP contribution in [-0.2, 0) is 0 Å². The summed E-state index contributed by atoms with van der Waals surface area (Å²) < 4.78 is 13.0. The largest absolute Gasteiger partial charge is 0.493 e. The van der Waals surface area contributed by atoms with Gasteiger partial charge in [-0.3, -0.25) is 14.7 Å². The summed E-state index contributed by atoms with van der Waals surface area (Å²) >= 11 is 1.30. The van der Waals surface area contributed by atoms with E-state index in [1.165, 1.54) is 24.4 Å². The van der Waals surface area contributed by atoms with E-state index in [0.29, 0.717) is 29.1 Å². The van der Waals surface area contributed by atoms with Gasteiger partial charge in [0.1, 0.15) is 17.7 Å². The van der Waals surface area contributed by atoms with Crippen LogP contribution >= 0.6 is 11.8 Å².